The van der Waals surface area contributed by atoms with Gasteiger partial charge in [0.05, 0.1) is 12.5 Å². The van der Waals surface area contributed by atoms with E-state index in [4.69, 9.17) is 4.52 Å². The summed E-state index contributed by atoms with van der Waals surface area (Å²) >= 11 is 0. The normalized spacial score (nSPS) is 21.6. The molecule has 4 rings (SSSR count). The highest BCUT2D eigenvalue weighted by Gasteiger charge is 2.31. The lowest BCUT2D eigenvalue weighted by Crippen LogP contribution is -2.50. The second-order valence-corrected chi connectivity index (χ2v) is 8.60. The number of hydrogen-bond donors (Lipinski definition) is 1. The molecular weight excluding hydrogens is 378 g/mol. The number of nitrogens with one attached hydrogen (secondary N) is 1. The van der Waals surface area contributed by atoms with Crippen LogP contribution in [0.1, 0.15) is 43.0 Å². The lowest BCUT2D eigenvalue weighted by atomic mass is 9.93. The van der Waals surface area contributed by atoms with E-state index in [-0.39, 0.29) is 11.8 Å². The maximum absolute atomic E-state index is 12.7. The van der Waals surface area contributed by atoms with Gasteiger partial charge in [-0.25, -0.2) is 0 Å². The van der Waals surface area contributed by atoms with Gasteiger partial charge in [0.15, 0.2) is 5.82 Å². The zero-order valence-electron chi connectivity index (χ0n) is 17.9. The Kier molecular flexibility index (Phi) is 7.12. The van der Waals surface area contributed by atoms with E-state index in [2.05, 4.69) is 37.4 Å². The Labute approximate surface area is 178 Å². The summed E-state index contributed by atoms with van der Waals surface area (Å²) in [4.78, 5) is 22.0. The van der Waals surface area contributed by atoms with Gasteiger partial charge < -0.3 is 9.84 Å². The van der Waals surface area contributed by atoms with Crippen molar-refractivity contribution in [1.29, 1.82) is 0 Å². The number of nitrogens with zero attached hydrogens (tertiary/aromatic N) is 4. The molecule has 30 heavy (non-hydrogen) atoms. The number of benzene rings is 1. The first-order chi connectivity index (χ1) is 14.7. The number of hydrogen-bond acceptors (Lipinski definition) is 6. The highest BCUT2D eigenvalue weighted by molar-refractivity contribution is 5.79. The third-order valence-corrected chi connectivity index (χ3v) is 6.38. The second-order valence-electron chi connectivity index (χ2n) is 8.60. The Bertz CT molecular complexity index is 801. The predicted octanol–water partition coefficient (Wildman–Crippen LogP) is 2.41. The van der Waals surface area contributed by atoms with Crippen LogP contribution < -0.4 is 5.32 Å². The Morgan fingerprint density at radius 1 is 1.17 bits per heavy atom. The van der Waals surface area contributed by atoms with Gasteiger partial charge in [0.1, 0.15) is 0 Å². The smallest absolute Gasteiger partial charge is 0.240 e. The maximum Gasteiger partial charge on any atom is 0.240 e. The lowest BCUT2D eigenvalue weighted by molar-refractivity contribution is -0.127. The molecule has 2 saturated heterocycles. The molecule has 0 aliphatic carbocycles. The molecule has 7 nitrogen and oxygen atoms in total. The van der Waals surface area contributed by atoms with Crippen LogP contribution in [-0.4, -0.2) is 64.6 Å². The zero-order valence-corrected chi connectivity index (χ0v) is 17.9. The van der Waals surface area contributed by atoms with Crippen molar-refractivity contribution in [3.05, 3.63) is 47.6 Å². The fraction of sp³-hybridized carbons (Fsp3) is 0.609. The number of carbonyl (C=O) groups excluding carboxylic acids is 1. The fourth-order valence-electron chi connectivity index (χ4n) is 4.71. The van der Waals surface area contributed by atoms with Crippen molar-refractivity contribution in [2.75, 3.05) is 32.7 Å². The molecule has 7 heteroatoms. The van der Waals surface area contributed by atoms with Gasteiger partial charge in [-0.05, 0) is 51.1 Å². The van der Waals surface area contributed by atoms with Crippen LogP contribution in [0.5, 0.6) is 0 Å². The molecule has 1 N–H and O–H groups in total. The quantitative estimate of drug-likeness (QED) is 0.754. The van der Waals surface area contributed by atoms with Crippen LogP contribution in [0, 0.1) is 12.8 Å². The minimum absolute atomic E-state index is 0.119. The van der Waals surface area contributed by atoms with Crippen LogP contribution in [0.4, 0.5) is 0 Å². The molecule has 0 unspecified atom stereocenters. The molecule has 2 aromatic rings. The van der Waals surface area contributed by atoms with Crippen LogP contribution >= 0.6 is 0 Å². The molecule has 2 fully saturated rings. The molecule has 0 spiro atoms. The third-order valence-electron chi connectivity index (χ3n) is 6.38. The molecule has 2 aliphatic rings. The fourth-order valence-corrected chi connectivity index (χ4v) is 4.71. The largest absolute Gasteiger partial charge is 0.355 e. The van der Waals surface area contributed by atoms with Crippen molar-refractivity contribution >= 4 is 5.91 Å². The van der Waals surface area contributed by atoms with Crippen molar-refractivity contribution in [3.8, 4) is 0 Å². The van der Waals surface area contributed by atoms with Crippen LogP contribution in [0.15, 0.2) is 34.9 Å². The summed E-state index contributed by atoms with van der Waals surface area (Å²) < 4.78 is 5.25. The molecule has 1 amide bonds. The summed E-state index contributed by atoms with van der Waals surface area (Å²) in [6.07, 6.45) is 5.27. The van der Waals surface area contributed by atoms with Gasteiger partial charge in [0, 0.05) is 32.2 Å². The van der Waals surface area contributed by atoms with E-state index in [1.54, 1.807) is 0 Å². The van der Waals surface area contributed by atoms with Crippen molar-refractivity contribution < 1.29 is 9.32 Å². The molecule has 0 saturated carbocycles. The van der Waals surface area contributed by atoms with E-state index in [0.29, 0.717) is 24.3 Å². The summed E-state index contributed by atoms with van der Waals surface area (Å²) in [5.74, 6) is 1.74. The van der Waals surface area contributed by atoms with E-state index in [1.165, 1.54) is 5.56 Å². The lowest BCUT2D eigenvalue weighted by Gasteiger charge is -2.41. The Balaban J connectivity index is 1.19. The van der Waals surface area contributed by atoms with Crippen molar-refractivity contribution in [2.45, 2.75) is 51.6 Å². The van der Waals surface area contributed by atoms with Gasteiger partial charge in [-0.3, -0.25) is 14.6 Å². The minimum Gasteiger partial charge on any atom is -0.355 e. The molecule has 1 aromatic heterocycles. The molecule has 1 atom stereocenters. The van der Waals surface area contributed by atoms with Crippen LogP contribution in [0.25, 0.3) is 0 Å². The van der Waals surface area contributed by atoms with E-state index in [1.807, 2.05) is 25.1 Å². The topological polar surface area (TPSA) is 74.5 Å². The maximum atomic E-state index is 12.7. The standard InChI is InChI=1S/C23H33N5O2/c1-18-25-22(30-26-18)17-27-14-10-21(11-15-27)28-13-5-8-20(16-28)23(29)24-12-9-19-6-3-2-4-7-19/h2-4,6-7,20-21H,5,8-17H2,1H3,(H,24,29)/t20-/m0/s1. The van der Waals surface area contributed by atoms with Gasteiger partial charge in [-0.15, -0.1) is 0 Å². The van der Waals surface area contributed by atoms with Gasteiger partial charge in [0.25, 0.3) is 0 Å². The van der Waals surface area contributed by atoms with Gasteiger partial charge >= 0.3 is 0 Å². The Hall–Kier alpha value is -2.25. The summed E-state index contributed by atoms with van der Waals surface area (Å²) in [5.41, 5.74) is 1.27. The molecule has 1 aromatic carbocycles. The van der Waals surface area contributed by atoms with Crippen LogP contribution in [-0.2, 0) is 17.8 Å². The molecule has 3 heterocycles. The third kappa shape index (κ3) is 5.67. The number of aryl methyl sites for hydroxylation is 1. The van der Waals surface area contributed by atoms with E-state index in [9.17, 15) is 4.79 Å². The van der Waals surface area contributed by atoms with Gasteiger partial charge in [-0.2, -0.15) is 4.98 Å². The first kappa shape index (κ1) is 21.0. The highest BCUT2D eigenvalue weighted by Crippen LogP contribution is 2.24. The van der Waals surface area contributed by atoms with Crippen molar-refractivity contribution in [3.63, 3.8) is 0 Å². The highest BCUT2D eigenvalue weighted by atomic mass is 16.5. The van der Waals surface area contributed by atoms with Crippen molar-refractivity contribution in [1.82, 2.24) is 25.3 Å². The first-order valence-electron chi connectivity index (χ1n) is 11.2. The number of rotatable bonds is 7. The van der Waals surface area contributed by atoms with E-state index < -0.39 is 0 Å². The molecule has 0 radical (unpaired) electrons. The van der Waals surface area contributed by atoms with Crippen molar-refractivity contribution in [2.24, 2.45) is 5.92 Å². The Morgan fingerprint density at radius 3 is 2.70 bits per heavy atom. The Morgan fingerprint density at radius 2 is 1.97 bits per heavy atom. The molecule has 2 aliphatic heterocycles. The van der Waals surface area contributed by atoms with Gasteiger partial charge in [0.2, 0.25) is 11.8 Å². The first-order valence-corrected chi connectivity index (χ1v) is 11.2. The number of amides is 1. The van der Waals surface area contributed by atoms with E-state index in [0.717, 1.165) is 64.8 Å². The SMILES string of the molecule is Cc1noc(CN2CCC(N3CCC[C@H](C(=O)NCCc4ccccc4)C3)CC2)n1. The number of likely N-dealkylation sites (tertiary alicyclic amines) is 2. The average Bonchev–Trinajstić information content (AvgIpc) is 3.19. The minimum atomic E-state index is 0.119. The summed E-state index contributed by atoms with van der Waals surface area (Å²) in [7, 11) is 0. The predicted molar refractivity (Wildman–Crippen MR) is 115 cm³/mol. The van der Waals surface area contributed by atoms with Crippen LogP contribution in [0.2, 0.25) is 0 Å². The average molecular weight is 412 g/mol. The number of piperidine rings is 2. The van der Waals surface area contributed by atoms with E-state index >= 15 is 0 Å². The zero-order chi connectivity index (χ0) is 20.8. The molecule has 162 valence electrons. The summed E-state index contributed by atoms with van der Waals surface area (Å²) in [6.45, 7) is 7.38. The molecule has 0 bridgehead atoms. The summed E-state index contributed by atoms with van der Waals surface area (Å²) in [6, 6.07) is 10.9. The van der Waals surface area contributed by atoms with Gasteiger partial charge in [-0.1, -0.05) is 35.5 Å². The number of carbonyl (C=O) groups is 1. The molecular formula is C23H33N5O2. The number of aromatic nitrogens is 2. The summed E-state index contributed by atoms with van der Waals surface area (Å²) in [5, 5.41) is 7.04. The van der Waals surface area contributed by atoms with Crippen LogP contribution in [0.3, 0.4) is 0 Å². The second kappa shape index (κ2) is 10.2. The monoisotopic (exact) mass is 411 g/mol.